The minimum absolute atomic E-state index is 0.255. The highest BCUT2D eigenvalue weighted by Gasteiger charge is 2.44. The van der Waals surface area contributed by atoms with Gasteiger partial charge in [0, 0.05) is 6.20 Å². The van der Waals surface area contributed by atoms with Gasteiger partial charge in [0.25, 0.3) is 0 Å². The van der Waals surface area contributed by atoms with Crippen LogP contribution in [0.15, 0.2) is 18.3 Å². The van der Waals surface area contributed by atoms with E-state index in [2.05, 4.69) is 25.8 Å². The van der Waals surface area contributed by atoms with Crippen molar-refractivity contribution >= 4 is 17.6 Å². The van der Waals surface area contributed by atoms with E-state index in [4.69, 9.17) is 11.6 Å². The fraction of sp³-hybridized carbons (Fsp3) is 0.647. The van der Waals surface area contributed by atoms with Gasteiger partial charge in [0.1, 0.15) is 5.15 Å². The number of pyridine rings is 1. The minimum atomic E-state index is -0.678. The van der Waals surface area contributed by atoms with Crippen LogP contribution in [-0.4, -0.2) is 16.1 Å². The molecule has 21 heavy (non-hydrogen) atoms. The molecule has 2 rings (SSSR count). The lowest BCUT2D eigenvalue weighted by atomic mass is 9.62. The van der Waals surface area contributed by atoms with Crippen LogP contribution in [-0.2, 0) is 11.2 Å². The van der Waals surface area contributed by atoms with Gasteiger partial charge in [0.05, 0.1) is 5.41 Å². The van der Waals surface area contributed by atoms with Crippen LogP contribution in [0.3, 0.4) is 0 Å². The van der Waals surface area contributed by atoms with E-state index >= 15 is 0 Å². The third-order valence-corrected chi connectivity index (χ3v) is 5.16. The van der Waals surface area contributed by atoms with Crippen molar-refractivity contribution in [2.45, 2.75) is 52.9 Å². The smallest absolute Gasteiger partial charge is 0.309 e. The highest BCUT2D eigenvalue weighted by Crippen LogP contribution is 2.47. The van der Waals surface area contributed by atoms with Crippen LogP contribution >= 0.6 is 11.6 Å². The Kier molecular flexibility index (Phi) is 4.62. The van der Waals surface area contributed by atoms with Gasteiger partial charge in [-0.15, -0.1) is 0 Å². The van der Waals surface area contributed by atoms with Gasteiger partial charge in [0.2, 0.25) is 0 Å². The normalized spacial score (nSPS) is 26.6. The zero-order valence-electron chi connectivity index (χ0n) is 13.0. The van der Waals surface area contributed by atoms with Gasteiger partial charge in [-0.3, -0.25) is 4.79 Å². The van der Waals surface area contributed by atoms with Crippen molar-refractivity contribution in [2.24, 2.45) is 16.7 Å². The predicted molar refractivity (Wildman–Crippen MR) is 84.4 cm³/mol. The molecule has 0 spiro atoms. The highest BCUT2D eigenvalue weighted by atomic mass is 35.5. The number of hydrogen-bond acceptors (Lipinski definition) is 2. The molecule has 0 saturated heterocycles. The van der Waals surface area contributed by atoms with Crippen molar-refractivity contribution in [3.05, 3.63) is 29.0 Å². The molecule has 1 saturated carbocycles. The second-order valence-corrected chi connectivity index (χ2v) is 7.78. The number of carboxylic acid groups (broad SMARTS) is 1. The summed E-state index contributed by atoms with van der Waals surface area (Å²) in [5, 5.41) is 10.2. The van der Waals surface area contributed by atoms with E-state index in [1.165, 1.54) is 0 Å². The van der Waals surface area contributed by atoms with Gasteiger partial charge in [-0.05, 0) is 61.1 Å². The lowest BCUT2D eigenvalue weighted by molar-refractivity contribution is -0.152. The molecule has 1 aromatic rings. The average Bonchev–Trinajstić information content (AvgIpc) is 2.38. The summed E-state index contributed by atoms with van der Waals surface area (Å²) in [5.74, 6) is -0.0752. The van der Waals surface area contributed by atoms with Crippen LogP contribution in [0.4, 0.5) is 0 Å². The first kappa shape index (κ1) is 16.3. The summed E-state index contributed by atoms with van der Waals surface area (Å²) in [6.45, 7) is 6.73. The van der Waals surface area contributed by atoms with E-state index in [-0.39, 0.29) is 5.41 Å². The number of hydrogen-bond donors (Lipinski definition) is 1. The molecule has 1 aliphatic rings. The lowest BCUT2D eigenvalue weighted by Crippen LogP contribution is -2.39. The quantitative estimate of drug-likeness (QED) is 0.831. The van der Waals surface area contributed by atoms with Crippen molar-refractivity contribution < 1.29 is 9.90 Å². The predicted octanol–water partition coefficient (Wildman–Crippen LogP) is 4.58. The minimum Gasteiger partial charge on any atom is -0.481 e. The molecule has 4 heteroatoms. The number of carbonyl (C=O) groups is 1. The first-order chi connectivity index (χ1) is 9.73. The Morgan fingerprint density at radius 3 is 2.52 bits per heavy atom. The molecular weight excluding hydrogens is 286 g/mol. The molecule has 0 amide bonds. The van der Waals surface area contributed by atoms with Crippen LogP contribution in [0.5, 0.6) is 0 Å². The van der Waals surface area contributed by atoms with Crippen LogP contribution in [0.1, 0.15) is 52.0 Å². The lowest BCUT2D eigenvalue weighted by Gasteiger charge is -2.42. The molecular formula is C17H24ClNO2. The largest absolute Gasteiger partial charge is 0.481 e. The van der Waals surface area contributed by atoms with E-state index in [0.717, 1.165) is 31.2 Å². The number of halogens is 1. The molecule has 0 atom stereocenters. The summed E-state index contributed by atoms with van der Waals surface area (Å²) < 4.78 is 0. The standard InChI is InChI=1S/C17H24ClNO2/c1-16(2,3)13-4-7-17(8-5-13,15(20)21)11-12-6-9-19-14(18)10-12/h6,9-10,13H,4-5,7-8,11H2,1-3H3,(H,20,21). The molecule has 116 valence electrons. The van der Waals surface area contributed by atoms with Gasteiger partial charge in [-0.1, -0.05) is 32.4 Å². The first-order valence-corrected chi connectivity index (χ1v) is 7.95. The van der Waals surface area contributed by atoms with Crippen molar-refractivity contribution in [3.63, 3.8) is 0 Å². The molecule has 0 aromatic carbocycles. The Bertz CT molecular complexity index is 514. The maximum atomic E-state index is 11.9. The maximum Gasteiger partial charge on any atom is 0.309 e. The highest BCUT2D eigenvalue weighted by molar-refractivity contribution is 6.29. The van der Waals surface area contributed by atoms with Crippen molar-refractivity contribution in [3.8, 4) is 0 Å². The number of aromatic nitrogens is 1. The van der Waals surface area contributed by atoms with E-state index in [9.17, 15) is 9.90 Å². The Morgan fingerprint density at radius 1 is 1.43 bits per heavy atom. The van der Waals surface area contributed by atoms with Crippen LogP contribution < -0.4 is 0 Å². The van der Waals surface area contributed by atoms with E-state index < -0.39 is 11.4 Å². The maximum absolute atomic E-state index is 11.9. The van der Waals surface area contributed by atoms with Gasteiger partial charge >= 0.3 is 5.97 Å². The molecule has 0 aliphatic heterocycles. The van der Waals surface area contributed by atoms with Crippen molar-refractivity contribution in [1.29, 1.82) is 0 Å². The molecule has 1 heterocycles. The van der Waals surface area contributed by atoms with Crippen LogP contribution in [0.25, 0.3) is 0 Å². The second-order valence-electron chi connectivity index (χ2n) is 7.39. The molecule has 0 bridgehead atoms. The van der Waals surface area contributed by atoms with Gasteiger partial charge in [-0.25, -0.2) is 4.98 Å². The molecule has 0 radical (unpaired) electrons. The van der Waals surface area contributed by atoms with E-state index in [1.54, 1.807) is 12.3 Å². The molecule has 1 fully saturated rings. The second kappa shape index (κ2) is 5.96. The van der Waals surface area contributed by atoms with Crippen LogP contribution in [0, 0.1) is 16.7 Å². The van der Waals surface area contributed by atoms with Crippen molar-refractivity contribution in [2.75, 3.05) is 0 Å². The number of nitrogens with zero attached hydrogens (tertiary/aromatic N) is 1. The van der Waals surface area contributed by atoms with Gasteiger partial charge in [0.15, 0.2) is 0 Å². The number of carboxylic acids is 1. The van der Waals surface area contributed by atoms with Crippen molar-refractivity contribution in [1.82, 2.24) is 4.98 Å². The molecule has 1 aliphatic carbocycles. The summed E-state index contributed by atoms with van der Waals surface area (Å²) in [5.41, 5.74) is 0.573. The summed E-state index contributed by atoms with van der Waals surface area (Å²) >= 11 is 5.91. The average molecular weight is 310 g/mol. The Morgan fingerprint density at radius 2 is 2.05 bits per heavy atom. The third-order valence-electron chi connectivity index (χ3n) is 4.95. The third kappa shape index (κ3) is 3.76. The summed E-state index contributed by atoms with van der Waals surface area (Å²) in [7, 11) is 0. The zero-order valence-corrected chi connectivity index (χ0v) is 13.8. The van der Waals surface area contributed by atoms with E-state index in [1.807, 2.05) is 6.07 Å². The molecule has 0 unspecified atom stereocenters. The molecule has 1 N–H and O–H groups in total. The van der Waals surface area contributed by atoms with E-state index in [0.29, 0.717) is 17.5 Å². The SMILES string of the molecule is CC(C)(C)C1CCC(Cc2ccnc(Cl)c2)(C(=O)O)CC1. The molecule has 3 nitrogen and oxygen atoms in total. The topological polar surface area (TPSA) is 50.2 Å². The number of rotatable bonds is 3. The van der Waals surface area contributed by atoms with Gasteiger partial charge < -0.3 is 5.11 Å². The fourth-order valence-corrected chi connectivity index (χ4v) is 3.64. The van der Waals surface area contributed by atoms with Gasteiger partial charge in [-0.2, -0.15) is 0 Å². The summed E-state index contributed by atoms with van der Waals surface area (Å²) in [6, 6.07) is 3.65. The Labute approximate surface area is 131 Å². The zero-order chi connectivity index (χ0) is 15.7. The number of aliphatic carboxylic acids is 1. The Balaban J connectivity index is 2.15. The molecule has 1 aromatic heterocycles. The Hall–Kier alpha value is -1.09. The first-order valence-electron chi connectivity index (χ1n) is 7.57. The fourth-order valence-electron chi connectivity index (χ4n) is 3.45. The summed E-state index contributed by atoms with van der Waals surface area (Å²) in [6.07, 6.45) is 5.63. The monoisotopic (exact) mass is 309 g/mol. The summed E-state index contributed by atoms with van der Waals surface area (Å²) in [4.78, 5) is 15.8. The van der Waals surface area contributed by atoms with Crippen LogP contribution in [0.2, 0.25) is 5.15 Å².